The first-order valence-corrected chi connectivity index (χ1v) is 7.27. The predicted octanol–water partition coefficient (Wildman–Crippen LogP) is 4.46. The summed E-state index contributed by atoms with van der Waals surface area (Å²) in [4.78, 5) is 12.3. The summed E-state index contributed by atoms with van der Waals surface area (Å²) in [6.07, 6.45) is 0. The number of halogens is 1. The Bertz CT molecular complexity index is 839. The molecule has 0 saturated heterocycles. The first-order chi connectivity index (χ1) is 10.0. The summed E-state index contributed by atoms with van der Waals surface area (Å²) in [6, 6.07) is 11.5. The topological polar surface area (TPSA) is 55.1 Å². The Morgan fingerprint density at radius 1 is 1.14 bits per heavy atom. The fraction of sp³-hybridized carbons (Fsp3) is 0.125. The molecule has 3 aromatic rings. The summed E-state index contributed by atoms with van der Waals surface area (Å²) in [7, 11) is 0. The molecule has 0 aliphatic heterocycles. The van der Waals surface area contributed by atoms with Gasteiger partial charge in [-0.25, -0.2) is 0 Å². The van der Waals surface area contributed by atoms with E-state index in [2.05, 4.69) is 26.4 Å². The molecule has 0 spiro atoms. The number of carbonyl (C=O) groups is 1. The Labute approximate surface area is 130 Å². The van der Waals surface area contributed by atoms with Gasteiger partial charge in [0.05, 0.1) is 5.69 Å². The summed E-state index contributed by atoms with van der Waals surface area (Å²) < 4.78 is 6.12. The zero-order valence-corrected chi connectivity index (χ0v) is 13.2. The smallest absolute Gasteiger partial charge is 0.258 e. The third kappa shape index (κ3) is 2.69. The maximum atomic E-state index is 12.3. The average molecular weight is 345 g/mol. The lowest BCUT2D eigenvalue weighted by Gasteiger charge is -2.05. The summed E-state index contributed by atoms with van der Waals surface area (Å²) >= 11 is 3.44. The van der Waals surface area contributed by atoms with Crippen molar-refractivity contribution < 1.29 is 9.32 Å². The maximum absolute atomic E-state index is 12.3. The van der Waals surface area contributed by atoms with E-state index in [1.54, 1.807) is 6.07 Å². The van der Waals surface area contributed by atoms with Gasteiger partial charge in [0.25, 0.3) is 5.91 Å². The number of hydrogen-bond donors (Lipinski definition) is 1. The van der Waals surface area contributed by atoms with E-state index < -0.39 is 0 Å². The summed E-state index contributed by atoms with van der Waals surface area (Å²) in [5.41, 5.74) is 2.19. The fourth-order valence-electron chi connectivity index (χ4n) is 2.07. The minimum Gasteiger partial charge on any atom is -0.338 e. The van der Waals surface area contributed by atoms with Crippen LogP contribution in [0.3, 0.4) is 0 Å². The van der Waals surface area contributed by atoms with Crippen LogP contribution in [0.1, 0.15) is 21.6 Å². The monoisotopic (exact) mass is 344 g/mol. The Morgan fingerprint density at radius 3 is 2.57 bits per heavy atom. The molecule has 1 N–H and O–H groups in total. The number of hydrogen-bond acceptors (Lipinski definition) is 3. The zero-order valence-electron chi connectivity index (χ0n) is 11.6. The van der Waals surface area contributed by atoms with E-state index in [-0.39, 0.29) is 5.91 Å². The van der Waals surface area contributed by atoms with Crippen LogP contribution in [0.5, 0.6) is 0 Å². The van der Waals surface area contributed by atoms with Crippen LogP contribution in [0.4, 0.5) is 5.88 Å². The lowest BCUT2D eigenvalue weighted by atomic mass is 10.1. The van der Waals surface area contributed by atoms with E-state index in [4.69, 9.17) is 4.52 Å². The van der Waals surface area contributed by atoms with Crippen LogP contribution in [0.25, 0.3) is 10.8 Å². The molecule has 0 aliphatic carbocycles. The number of aromatic nitrogens is 1. The number of nitrogens with one attached hydrogen (secondary N) is 1. The van der Waals surface area contributed by atoms with Gasteiger partial charge in [-0.15, -0.1) is 0 Å². The van der Waals surface area contributed by atoms with E-state index in [1.165, 1.54) is 0 Å². The van der Waals surface area contributed by atoms with Crippen molar-refractivity contribution in [3.63, 3.8) is 0 Å². The number of benzene rings is 2. The molecule has 0 radical (unpaired) electrons. The maximum Gasteiger partial charge on any atom is 0.258 e. The molecule has 0 unspecified atom stereocenters. The van der Waals surface area contributed by atoms with Crippen LogP contribution < -0.4 is 5.32 Å². The van der Waals surface area contributed by atoms with Crippen molar-refractivity contribution in [3.8, 4) is 0 Å². The molecular weight excluding hydrogens is 332 g/mol. The standard InChI is InChI=1S/C16H13BrN2O2/c1-9-10(2)19-21-16(9)18-15(20)13-4-3-12-8-14(17)6-5-11(12)7-13/h3-8H,1-2H3,(H,18,20). The van der Waals surface area contributed by atoms with Crippen LogP contribution in [-0.4, -0.2) is 11.1 Å². The molecule has 0 bridgehead atoms. The van der Waals surface area contributed by atoms with Gasteiger partial charge < -0.3 is 4.52 Å². The Balaban J connectivity index is 1.91. The van der Waals surface area contributed by atoms with Crippen molar-refractivity contribution in [2.75, 3.05) is 5.32 Å². The number of fused-ring (bicyclic) bond motifs is 1. The summed E-state index contributed by atoms with van der Waals surface area (Å²) in [6.45, 7) is 3.70. The number of rotatable bonds is 2. The molecule has 2 aromatic carbocycles. The predicted molar refractivity (Wildman–Crippen MR) is 85.6 cm³/mol. The number of anilines is 1. The van der Waals surface area contributed by atoms with Crippen molar-refractivity contribution in [1.82, 2.24) is 5.16 Å². The highest BCUT2D eigenvalue weighted by atomic mass is 79.9. The summed E-state index contributed by atoms with van der Waals surface area (Å²) in [5, 5.41) is 8.66. The third-order valence-corrected chi connectivity index (χ3v) is 3.94. The first kappa shape index (κ1) is 13.8. The van der Waals surface area contributed by atoms with Crippen LogP contribution in [0.15, 0.2) is 45.4 Å². The molecule has 0 aliphatic rings. The zero-order chi connectivity index (χ0) is 15.0. The highest BCUT2D eigenvalue weighted by molar-refractivity contribution is 9.10. The molecule has 106 valence electrons. The molecule has 4 nitrogen and oxygen atoms in total. The number of nitrogens with zero attached hydrogens (tertiary/aromatic N) is 1. The van der Waals surface area contributed by atoms with Gasteiger partial charge in [-0.05, 0) is 48.9 Å². The molecule has 1 heterocycles. The third-order valence-electron chi connectivity index (χ3n) is 3.45. The van der Waals surface area contributed by atoms with E-state index >= 15 is 0 Å². The normalized spacial score (nSPS) is 10.8. The molecule has 21 heavy (non-hydrogen) atoms. The molecule has 1 amide bonds. The van der Waals surface area contributed by atoms with E-state index in [0.717, 1.165) is 26.5 Å². The Hall–Kier alpha value is -2.14. The van der Waals surface area contributed by atoms with Crippen LogP contribution in [0, 0.1) is 13.8 Å². The number of carbonyl (C=O) groups excluding carboxylic acids is 1. The second kappa shape index (κ2) is 5.33. The SMILES string of the molecule is Cc1noc(NC(=O)c2ccc3cc(Br)ccc3c2)c1C. The first-order valence-electron chi connectivity index (χ1n) is 6.48. The van der Waals surface area contributed by atoms with Gasteiger partial charge in [0.1, 0.15) is 0 Å². The average Bonchev–Trinajstić information content (AvgIpc) is 2.78. The second-order valence-electron chi connectivity index (χ2n) is 4.88. The molecular formula is C16H13BrN2O2. The van der Waals surface area contributed by atoms with Gasteiger partial charge in [-0.1, -0.05) is 33.2 Å². The van der Waals surface area contributed by atoms with Gasteiger partial charge in [0.15, 0.2) is 0 Å². The second-order valence-corrected chi connectivity index (χ2v) is 5.80. The molecule has 5 heteroatoms. The van der Waals surface area contributed by atoms with Gasteiger partial charge in [-0.3, -0.25) is 10.1 Å². The van der Waals surface area contributed by atoms with E-state index in [9.17, 15) is 4.79 Å². The van der Waals surface area contributed by atoms with E-state index in [1.807, 2.05) is 44.2 Å². The minimum absolute atomic E-state index is 0.209. The van der Waals surface area contributed by atoms with Gasteiger partial charge in [0.2, 0.25) is 5.88 Å². The van der Waals surface area contributed by atoms with Crippen molar-refractivity contribution in [2.24, 2.45) is 0 Å². The summed E-state index contributed by atoms with van der Waals surface area (Å²) in [5.74, 6) is 0.187. The van der Waals surface area contributed by atoms with Gasteiger partial charge >= 0.3 is 0 Å². The van der Waals surface area contributed by atoms with Gasteiger partial charge in [0, 0.05) is 15.6 Å². The highest BCUT2D eigenvalue weighted by Gasteiger charge is 2.13. The number of aryl methyl sites for hydroxylation is 1. The minimum atomic E-state index is -0.209. The molecule has 1 aromatic heterocycles. The molecule has 0 saturated carbocycles. The number of amides is 1. The van der Waals surface area contributed by atoms with Crippen LogP contribution >= 0.6 is 15.9 Å². The van der Waals surface area contributed by atoms with E-state index in [0.29, 0.717) is 11.4 Å². The van der Waals surface area contributed by atoms with Crippen molar-refractivity contribution in [2.45, 2.75) is 13.8 Å². The largest absolute Gasteiger partial charge is 0.338 e. The fourth-order valence-corrected chi connectivity index (χ4v) is 2.44. The quantitative estimate of drug-likeness (QED) is 0.746. The lowest BCUT2D eigenvalue weighted by molar-refractivity contribution is 0.102. The highest BCUT2D eigenvalue weighted by Crippen LogP contribution is 2.22. The lowest BCUT2D eigenvalue weighted by Crippen LogP contribution is -2.12. The molecule has 0 fully saturated rings. The molecule has 0 atom stereocenters. The van der Waals surface area contributed by atoms with Crippen molar-refractivity contribution in [1.29, 1.82) is 0 Å². The Kier molecular flexibility index (Phi) is 3.51. The van der Waals surface area contributed by atoms with Gasteiger partial charge in [-0.2, -0.15) is 0 Å². The van der Waals surface area contributed by atoms with Crippen molar-refractivity contribution >= 4 is 38.5 Å². The molecule has 3 rings (SSSR count). The van der Waals surface area contributed by atoms with Crippen LogP contribution in [0.2, 0.25) is 0 Å². The van der Waals surface area contributed by atoms with Crippen molar-refractivity contribution in [3.05, 3.63) is 57.7 Å². The Morgan fingerprint density at radius 2 is 1.86 bits per heavy atom. The van der Waals surface area contributed by atoms with Crippen LogP contribution in [-0.2, 0) is 0 Å².